The first-order valence-electron chi connectivity index (χ1n) is 0.167. The smallest absolute Gasteiger partial charge is 0 e. The molecule has 0 aliphatic carbocycles. The predicted octanol–water partition coefficient (Wildman–Crippen LogP) is -0.883. The average molecular weight is 431 g/mol. The summed E-state index contributed by atoms with van der Waals surface area (Å²) in [5.41, 5.74) is 0. The third kappa shape index (κ3) is 8.90. The Hall–Kier alpha value is 2.18. The van der Waals surface area contributed by atoms with E-state index in [1.54, 1.807) is 0 Å². The Morgan fingerprint density at radius 2 is 1.25 bits per heavy atom. The molecule has 0 aromatic carbocycles. The van der Waals surface area contributed by atoms with Gasteiger partial charge in [-0.1, -0.05) is 0 Å². The first kappa shape index (κ1) is 16.4. The van der Waals surface area contributed by atoms with Crippen LogP contribution in [0.2, 0.25) is 0 Å². The average Bonchev–Trinajstić information content (AvgIpc) is 1.00. The van der Waals surface area contributed by atoms with E-state index >= 15 is 0 Å². The number of hydrogen-bond acceptors (Lipinski definition) is 1. The molecular weight excluding hydrogens is 431 g/mol. The zero-order valence-corrected chi connectivity index (χ0v) is 10.3. The fraction of sp³-hybridized carbons (Fsp3) is 0. The maximum absolute atomic E-state index is 8.33. The van der Waals surface area contributed by atoms with Crippen molar-refractivity contribution in [3.05, 3.63) is 0 Å². The van der Waals surface area contributed by atoms with Crippen LogP contribution >= 0.6 is 0 Å². The van der Waals surface area contributed by atoms with Gasteiger partial charge >= 0.3 is 23.2 Å². The molecule has 0 aliphatic heterocycles. The van der Waals surface area contributed by atoms with Crippen molar-refractivity contribution in [1.29, 1.82) is 0 Å². The molecule has 6 radical (unpaired) electrons. The predicted molar refractivity (Wildman–Crippen MR) is 12.2 cm³/mol. The quantitative estimate of drug-likeness (QED) is 0.456. The van der Waals surface area contributed by atoms with Gasteiger partial charge in [0.1, 0.15) is 0 Å². The standard InChI is InChI=1S/Mg.O.Pb.W. The van der Waals surface area contributed by atoms with Crippen molar-refractivity contribution < 1.29 is 23.2 Å². The van der Waals surface area contributed by atoms with Gasteiger partial charge in [-0.15, -0.1) is 0 Å². The van der Waals surface area contributed by atoms with Crippen LogP contribution in [0.4, 0.5) is 0 Å². The van der Waals surface area contributed by atoms with Crippen LogP contribution in [0.1, 0.15) is 0 Å². The van der Waals surface area contributed by atoms with E-state index in [0.717, 1.165) is 0 Å². The van der Waals surface area contributed by atoms with E-state index in [4.69, 9.17) is 3.40 Å². The van der Waals surface area contributed by atoms with Crippen LogP contribution in [0.3, 0.4) is 0 Å². The number of hydrogen-bond donors (Lipinski definition) is 0. The summed E-state index contributed by atoms with van der Waals surface area (Å²) in [7, 11) is 0. The Labute approximate surface area is 72.4 Å². The molecule has 0 spiro atoms. The van der Waals surface area contributed by atoms with Gasteiger partial charge in [-0.25, -0.2) is 0 Å². The minimum atomic E-state index is 0. The monoisotopic (exact) mass is 432 g/mol. The molecule has 0 amide bonds. The molecule has 0 saturated heterocycles. The van der Waals surface area contributed by atoms with Crippen molar-refractivity contribution in [2.75, 3.05) is 0 Å². The Kier molecular flexibility index (Phi) is 78.2. The van der Waals surface area contributed by atoms with Crippen molar-refractivity contribution in [3.63, 3.8) is 0 Å². The first-order chi connectivity index (χ1) is 1.00. The van der Waals surface area contributed by atoms with Gasteiger partial charge in [-0.05, 0) is 0 Å². The Balaban J connectivity index is -0.00000000500. The Morgan fingerprint density at radius 1 is 1.25 bits per heavy atom. The van der Waals surface area contributed by atoms with Gasteiger partial charge in [0.2, 0.25) is 0 Å². The summed E-state index contributed by atoms with van der Waals surface area (Å²) >= 11 is 0.333. The van der Waals surface area contributed by atoms with Crippen LogP contribution in [0, 0.1) is 0 Å². The van der Waals surface area contributed by atoms with E-state index in [2.05, 4.69) is 0 Å². The second-order valence-corrected chi connectivity index (χ2v) is 0. The second kappa shape index (κ2) is 19.1. The van der Waals surface area contributed by atoms with Crippen LogP contribution in [0.25, 0.3) is 0 Å². The molecule has 0 bridgehead atoms. The van der Waals surface area contributed by atoms with Crippen LogP contribution in [-0.4, -0.2) is 50.4 Å². The summed E-state index contributed by atoms with van der Waals surface area (Å²) in [6, 6.07) is 0. The van der Waals surface area contributed by atoms with Crippen LogP contribution < -0.4 is 0 Å². The molecule has 0 unspecified atom stereocenters. The minimum Gasteiger partial charge on any atom is 0 e. The third-order valence-electron chi connectivity index (χ3n) is 0. The molecule has 0 aromatic rings. The van der Waals surface area contributed by atoms with Crippen molar-refractivity contribution in [3.8, 4) is 0 Å². The molecule has 0 rings (SSSR count). The van der Waals surface area contributed by atoms with Crippen molar-refractivity contribution in [1.82, 2.24) is 0 Å². The van der Waals surface area contributed by atoms with Gasteiger partial charge < -0.3 is 0 Å². The van der Waals surface area contributed by atoms with Crippen LogP contribution in [0.15, 0.2) is 0 Å². The molecule has 4 heavy (non-hydrogen) atoms. The molecule has 0 N–H and O–H groups in total. The van der Waals surface area contributed by atoms with E-state index in [1.165, 1.54) is 0 Å². The largest absolute Gasteiger partial charge is 0 e. The number of rotatable bonds is 0. The van der Waals surface area contributed by atoms with Crippen molar-refractivity contribution in [2.24, 2.45) is 0 Å². The van der Waals surface area contributed by atoms with E-state index < -0.39 is 0 Å². The normalized spacial score (nSPS) is 1.00. The van der Waals surface area contributed by atoms with E-state index in [-0.39, 0.29) is 50.4 Å². The fourth-order valence-corrected chi connectivity index (χ4v) is 0. The second-order valence-electron chi connectivity index (χ2n) is 0. The molecule has 4 heteroatoms. The zero-order valence-electron chi connectivity index (χ0n) is 2.02. The van der Waals surface area contributed by atoms with E-state index in [0.29, 0.717) is 19.8 Å². The Morgan fingerprint density at radius 3 is 1.25 bits per heavy atom. The zero-order chi connectivity index (χ0) is 2.00. The van der Waals surface area contributed by atoms with Crippen LogP contribution in [0.5, 0.6) is 0 Å². The van der Waals surface area contributed by atoms with Gasteiger partial charge in [0.05, 0.1) is 0 Å². The first-order valence-corrected chi connectivity index (χ1v) is 1.36. The summed E-state index contributed by atoms with van der Waals surface area (Å²) in [4.78, 5) is 0. The maximum Gasteiger partial charge on any atom is 0 e. The SMILES string of the molecule is [Mg].[O]=[W].[Pb]. The van der Waals surface area contributed by atoms with Gasteiger partial charge in [0.15, 0.2) is 0 Å². The van der Waals surface area contributed by atoms with Crippen molar-refractivity contribution in [2.45, 2.75) is 0 Å². The molecule has 0 atom stereocenters. The van der Waals surface area contributed by atoms with E-state index in [9.17, 15) is 0 Å². The van der Waals surface area contributed by atoms with Crippen molar-refractivity contribution >= 4 is 50.4 Å². The summed E-state index contributed by atoms with van der Waals surface area (Å²) in [6.45, 7) is 0. The molecule has 0 heterocycles. The van der Waals surface area contributed by atoms with Gasteiger partial charge in [-0.3, -0.25) is 0 Å². The molecule has 0 fully saturated rings. The Bertz CT molecular complexity index is 8.00. The molecule has 1 nitrogen and oxygen atoms in total. The molecule has 0 saturated carbocycles. The topological polar surface area (TPSA) is 17.1 Å². The van der Waals surface area contributed by atoms with E-state index in [1.807, 2.05) is 0 Å². The molecular formula is MgOPbW. The fourth-order valence-electron chi connectivity index (χ4n) is 0. The molecule has 18 valence electrons. The van der Waals surface area contributed by atoms with Crippen LogP contribution in [-0.2, 0) is 23.2 Å². The summed E-state index contributed by atoms with van der Waals surface area (Å²) in [5, 5.41) is 0. The third-order valence-corrected chi connectivity index (χ3v) is 0. The van der Waals surface area contributed by atoms with Gasteiger partial charge in [0.25, 0.3) is 0 Å². The molecule has 0 aliphatic rings. The summed E-state index contributed by atoms with van der Waals surface area (Å²) in [6.07, 6.45) is 0. The summed E-state index contributed by atoms with van der Waals surface area (Å²) < 4.78 is 8.33. The van der Waals surface area contributed by atoms with Gasteiger partial charge in [-0.2, -0.15) is 0 Å². The maximum atomic E-state index is 8.33. The summed E-state index contributed by atoms with van der Waals surface area (Å²) in [5.74, 6) is 0. The minimum absolute atomic E-state index is 0. The van der Waals surface area contributed by atoms with Gasteiger partial charge in [0, 0.05) is 50.4 Å². The molecule has 0 aromatic heterocycles.